The summed E-state index contributed by atoms with van der Waals surface area (Å²) in [4.78, 5) is 13.9. The summed E-state index contributed by atoms with van der Waals surface area (Å²) in [7, 11) is 0. The van der Waals surface area contributed by atoms with Crippen molar-refractivity contribution < 1.29 is 14.6 Å². The van der Waals surface area contributed by atoms with Crippen LogP contribution in [0.2, 0.25) is 0 Å². The van der Waals surface area contributed by atoms with Crippen LogP contribution in [0.1, 0.15) is 12.8 Å². The van der Waals surface area contributed by atoms with Crippen molar-refractivity contribution in [2.24, 2.45) is 10.9 Å². The smallest absolute Gasteiger partial charge is 0.325 e. The van der Waals surface area contributed by atoms with Crippen molar-refractivity contribution in [3.05, 3.63) is 0 Å². The van der Waals surface area contributed by atoms with Gasteiger partial charge in [0.15, 0.2) is 0 Å². The third kappa shape index (κ3) is 3.48. The molecule has 1 aliphatic heterocycles. The molecule has 0 aromatic heterocycles. The summed E-state index contributed by atoms with van der Waals surface area (Å²) in [6, 6.07) is 0. The highest BCUT2D eigenvalue weighted by Crippen LogP contribution is 2.11. The monoisotopic (exact) mass is 171 g/mol. The van der Waals surface area contributed by atoms with Crippen molar-refractivity contribution >= 4 is 12.2 Å². The zero-order valence-corrected chi connectivity index (χ0v) is 6.90. The molecule has 0 aromatic rings. The molecule has 1 heterocycles. The van der Waals surface area contributed by atoms with E-state index in [9.17, 15) is 4.79 Å². The predicted octanol–water partition coefficient (Wildman–Crippen LogP) is 0.568. The molecule has 0 aromatic carbocycles. The van der Waals surface area contributed by atoms with Gasteiger partial charge < -0.3 is 9.84 Å². The lowest BCUT2D eigenvalue weighted by Crippen LogP contribution is -2.17. The van der Waals surface area contributed by atoms with Gasteiger partial charge in [0, 0.05) is 19.4 Å². The van der Waals surface area contributed by atoms with Crippen molar-refractivity contribution in [3.63, 3.8) is 0 Å². The topological polar surface area (TPSA) is 58.9 Å². The van der Waals surface area contributed by atoms with E-state index in [1.165, 1.54) is 0 Å². The first kappa shape index (κ1) is 9.19. The van der Waals surface area contributed by atoms with Gasteiger partial charge in [-0.2, -0.15) is 0 Å². The first-order valence-corrected chi connectivity index (χ1v) is 4.08. The van der Waals surface area contributed by atoms with E-state index in [1.807, 2.05) is 0 Å². The lowest BCUT2D eigenvalue weighted by atomic mass is 10.0. The third-order valence-corrected chi connectivity index (χ3v) is 1.81. The van der Waals surface area contributed by atoms with Crippen LogP contribution in [0, 0.1) is 5.92 Å². The maximum atomic E-state index is 10.1. The Balaban J connectivity index is 2.19. The Morgan fingerprint density at radius 2 is 2.25 bits per heavy atom. The van der Waals surface area contributed by atoms with E-state index < -0.39 is 5.97 Å². The molecule has 4 heteroatoms. The molecule has 1 aliphatic rings. The Morgan fingerprint density at radius 3 is 2.83 bits per heavy atom. The van der Waals surface area contributed by atoms with Crippen molar-refractivity contribution in [1.29, 1.82) is 0 Å². The number of nitrogens with zero attached hydrogens (tertiary/aromatic N) is 1. The van der Waals surface area contributed by atoms with Crippen LogP contribution < -0.4 is 0 Å². The van der Waals surface area contributed by atoms with E-state index in [0.717, 1.165) is 26.1 Å². The maximum absolute atomic E-state index is 10.1. The van der Waals surface area contributed by atoms with Gasteiger partial charge >= 0.3 is 5.97 Å². The van der Waals surface area contributed by atoms with E-state index >= 15 is 0 Å². The van der Waals surface area contributed by atoms with Gasteiger partial charge in [-0.15, -0.1) is 0 Å². The number of carboxylic acids is 1. The van der Waals surface area contributed by atoms with Gasteiger partial charge in [-0.25, -0.2) is 0 Å². The Hall–Kier alpha value is -0.900. The molecule has 1 fully saturated rings. The molecule has 0 spiro atoms. The molecule has 0 bridgehead atoms. The molecule has 68 valence electrons. The molecule has 12 heavy (non-hydrogen) atoms. The fourth-order valence-electron chi connectivity index (χ4n) is 1.14. The summed E-state index contributed by atoms with van der Waals surface area (Å²) in [5.41, 5.74) is 0. The molecule has 1 saturated heterocycles. The minimum atomic E-state index is -0.877. The van der Waals surface area contributed by atoms with E-state index in [-0.39, 0.29) is 6.54 Å². The Kier molecular flexibility index (Phi) is 3.73. The summed E-state index contributed by atoms with van der Waals surface area (Å²) in [5, 5.41) is 8.30. The van der Waals surface area contributed by atoms with Crippen molar-refractivity contribution in [1.82, 2.24) is 0 Å². The molecule has 1 N–H and O–H groups in total. The van der Waals surface area contributed by atoms with Crippen LogP contribution in [0.15, 0.2) is 4.99 Å². The number of hydrogen-bond acceptors (Lipinski definition) is 3. The fourth-order valence-corrected chi connectivity index (χ4v) is 1.14. The number of carboxylic acid groups (broad SMARTS) is 1. The van der Waals surface area contributed by atoms with E-state index in [4.69, 9.17) is 9.84 Å². The molecule has 0 saturated carbocycles. The van der Waals surface area contributed by atoms with Crippen molar-refractivity contribution in [2.45, 2.75) is 12.8 Å². The maximum Gasteiger partial charge on any atom is 0.325 e. The number of hydrogen-bond donors (Lipinski definition) is 1. The highest BCUT2D eigenvalue weighted by Gasteiger charge is 2.10. The minimum absolute atomic E-state index is 0.114. The Morgan fingerprint density at radius 1 is 1.58 bits per heavy atom. The van der Waals surface area contributed by atoms with E-state index in [1.54, 1.807) is 6.21 Å². The van der Waals surface area contributed by atoms with Gasteiger partial charge in [0.25, 0.3) is 0 Å². The summed E-state index contributed by atoms with van der Waals surface area (Å²) in [6.07, 6.45) is 3.67. The highest BCUT2D eigenvalue weighted by molar-refractivity contribution is 5.72. The quantitative estimate of drug-likeness (QED) is 0.631. The van der Waals surface area contributed by atoms with Gasteiger partial charge in [-0.3, -0.25) is 9.79 Å². The second-order valence-corrected chi connectivity index (χ2v) is 2.83. The second kappa shape index (κ2) is 4.87. The average Bonchev–Trinajstić information content (AvgIpc) is 2.05. The summed E-state index contributed by atoms with van der Waals surface area (Å²) < 4.78 is 5.15. The normalized spacial score (nSPS) is 20.0. The zero-order valence-electron chi connectivity index (χ0n) is 6.90. The fraction of sp³-hybridized carbons (Fsp3) is 0.750. The van der Waals surface area contributed by atoms with Crippen LogP contribution in [0.3, 0.4) is 0 Å². The molecule has 0 amide bonds. The minimum Gasteiger partial charge on any atom is -0.480 e. The first-order chi connectivity index (χ1) is 5.79. The predicted molar refractivity (Wildman–Crippen MR) is 44.5 cm³/mol. The Labute approximate surface area is 71.3 Å². The standard InChI is InChI=1S/C8H13NO3/c10-8(11)6-9-5-7-1-3-12-4-2-7/h5,7H,1-4,6H2,(H,10,11). The summed E-state index contributed by atoms with van der Waals surface area (Å²) in [6.45, 7) is 1.42. The second-order valence-electron chi connectivity index (χ2n) is 2.83. The molecular formula is C8H13NO3. The van der Waals surface area contributed by atoms with Gasteiger partial charge in [-0.05, 0) is 18.8 Å². The Bertz CT molecular complexity index is 173. The summed E-state index contributed by atoms with van der Waals surface area (Å²) in [5.74, 6) is -0.462. The number of rotatable bonds is 3. The van der Waals surface area contributed by atoms with Crippen LogP contribution in [-0.2, 0) is 9.53 Å². The molecule has 0 unspecified atom stereocenters. The zero-order chi connectivity index (χ0) is 8.81. The third-order valence-electron chi connectivity index (χ3n) is 1.81. The molecule has 4 nitrogen and oxygen atoms in total. The van der Waals surface area contributed by atoms with Gasteiger partial charge in [0.05, 0.1) is 0 Å². The largest absolute Gasteiger partial charge is 0.480 e. The lowest BCUT2D eigenvalue weighted by Gasteiger charge is -2.17. The van der Waals surface area contributed by atoms with Crippen LogP contribution in [0.5, 0.6) is 0 Å². The van der Waals surface area contributed by atoms with Gasteiger partial charge in [0.2, 0.25) is 0 Å². The molecule has 0 radical (unpaired) electrons. The van der Waals surface area contributed by atoms with Crippen molar-refractivity contribution in [2.75, 3.05) is 19.8 Å². The average molecular weight is 171 g/mol. The molecule has 0 atom stereocenters. The number of ether oxygens (including phenoxy) is 1. The number of carbonyl (C=O) groups is 1. The van der Waals surface area contributed by atoms with Crippen LogP contribution in [0.25, 0.3) is 0 Å². The van der Waals surface area contributed by atoms with E-state index in [0.29, 0.717) is 5.92 Å². The highest BCUT2D eigenvalue weighted by atomic mass is 16.5. The van der Waals surface area contributed by atoms with Gasteiger partial charge in [0.1, 0.15) is 6.54 Å². The lowest BCUT2D eigenvalue weighted by molar-refractivity contribution is -0.135. The number of aliphatic carboxylic acids is 1. The number of aliphatic imine (C=N–C) groups is 1. The van der Waals surface area contributed by atoms with Crippen LogP contribution >= 0.6 is 0 Å². The molecular weight excluding hydrogens is 158 g/mol. The molecule has 0 aliphatic carbocycles. The van der Waals surface area contributed by atoms with Gasteiger partial charge in [-0.1, -0.05) is 0 Å². The molecule has 1 rings (SSSR count). The SMILES string of the molecule is O=C(O)CN=CC1CCOCC1. The van der Waals surface area contributed by atoms with Crippen molar-refractivity contribution in [3.8, 4) is 0 Å². The van der Waals surface area contributed by atoms with Crippen LogP contribution in [-0.4, -0.2) is 37.0 Å². The summed E-state index contributed by atoms with van der Waals surface area (Å²) >= 11 is 0. The first-order valence-electron chi connectivity index (χ1n) is 4.08. The van der Waals surface area contributed by atoms with Crippen LogP contribution in [0.4, 0.5) is 0 Å². The van der Waals surface area contributed by atoms with E-state index in [2.05, 4.69) is 4.99 Å².